The molecule has 2 unspecified atom stereocenters. The van der Waals surface area contributed by atoms with Gasteiger partial charge in [-0.15, -0.1) is 6.58 Å². The van der Waals surface area contributed by atoms with Gasteiger partial charge >= 0.3 is 11.9 Å². The van der Waals surface area contributed by atoms with Crippen LogP contribution < -0.4 is 0 Å². The number of ether oxygens (including phenoxy) is 1. The zero-order valence-corrected chi connectivity index (χ0v) is 11.9. The number of unbranched alkanes of at least 4 members (excludes halogenated alkanes) is 1. The monoisotopic (exact) mass is 254 g/mol. The zero-order chi connectivity index (χ0) is 14.0. The SMILES string of the molecule is C=CC(C)CCC(=O)OC(=O)C(CC)CCCC. The Balaban J connectivity index is 4.03. The first kappa shape index (κ1) is 16.9. The molecular formula is C15H26O3. The number of carbonyl (C=O) groups is 2. The van der Waals surface area contributed by atoms with Crippen LogP contribution in [0.15, 0.2) is 12.7 Å². The summed E-state index contributed by atoms with van der Waals surface area (Å²) in [4.78, 5) is 23.2. The van der Waals surface area contributed by atoms with Gasteiger partial charge in [0.2, 0.25) is 0 Å². The van der Waals surface area contributed by atoms with Gasteiger partial charge in [-0.05, 0) is 25.2 Å². The van der Waals surface area contributed by atoms with Crippen molar-refractivity contribution in [2.24, 2.45) is 11.8 Å². The summed E-state index contributed by atoms with van der Waals surface area (Å²) in [5, 5.41) is 0. The van der Waals surface area contributed by atoms with Gasteiger partial charge in [0.05, 0.1) is 5.92 Å². The van der Waals surface area contributed by atoms with Crippen molar-refractivity contribution in [1.82, 2.24) is 0 Å². The molecule has 0 amide bonds. The molecule has 0 spiro atoms. The smallest absolute Gasteiger partial charge is 0.316 e. The van der Waals surface area contributed by atoms with E-state index in [1.165, 1.54) is 0 Å². The normalized spacial score (nSPS) is 13.7. The Morgan fingerprint density at radius 1 is 1.28 bits per heavy atom. The number of rotatable bonds is 9. The molecule has 3 nitrogen and oxygen atoms in total. The Kier molecular flexibility index (Phi) is 9.25. The van der Waals surface area contributed by atoms with Crippen LogP contribution in [0.4, 0.5) is 0 Å². The third kappa shape index (κ3) is 7.25. The van der Waals surface area contributed by atoms with Crippen LogP contribution in [-0.4, -0.2) is 11.9 Å². The van der Waals surface area contributed by atoms with Crippen LogP contribution in [-0.2, 0) is 14.3 Å². The average molecular weight is 254 g/mol. The van der Waals surface area contributed by atoms with E-state index < -0.39 is 5.97 Å². The Morgan fingerprint density at radius 3 is 2.44 bits per heavy atom. The summed E-state index contributed by atoms with van der Waals surface area (Å²) in [6, 6.07) is 0. The number of hydrogen-bond donors (Lipinski definition) is 0. The molecule has 104 valence electrons. The van der Waals surface area contributed by atoms with Crippen LogP contribution in [0, 0.1) is 11.8 Å². The number of carbonyl (C=O) groups excluding carboxylic acids is 2. The summed E-state index contributed by atoms with van der Waals surface area (Å²) in [7, 11) is 0. The molecule has 0 fully saturated rings. The molecule has 0 rings (SSSR count). The molecule has 0 saturated heterocycles. The van der Waals surface area contributed by atoms with Crippen LogP contribution in [0.5, 0.6) is 0 Å². The number of allylic oxidation sites excluding steroid dienone is 1. The fourth-order valence-electron chi connectivity index (χ4n) is 1.65. The molecule has 0 saturated carbocycles. The maximum Gasteiger partial charge on any atom is 0.316 e. The first-order valence-electron chi connectivity index (χ1n) is 6.92. The Morgan fingerprint density at radius 2 is 1.94 bits per heavy atom. The number of esters is 2. The second-order valence-corrected chi connectivity index (χ2v) is 4.79. The topological polar surface area (TPSA) is 43.4 Å². The predicted molar refractivity (Wildman–Crippen MR) is 73.0 cm³/mol. The first-order chi connectivity index (χ1) is 8.54. The second-order valence-electron chi connectivity index (χ2n) is 4.79. The molecule has 0 heterocycles. The van der Waals surface area contributed by atoms with Crippen molar-refractivity contribution in [3.8, 4) is 0 Å². The van der Waals surface area contributed by atoms with E-state index in [0.717, 1.165) is 25.7 Å². The molecule has 2 atom stereocenters. The molecular weight excluding hydrogens is 228 g/mol. The molecule has 0 radical (unpaired) electrons. The molecule has 0 aromatic carbocycles. The Labute approximate surface area is 111 Å². The van der Waals surface area contributed by atoms with E-state index in [1.54, 1.807) is 6.08 Å². The highest BCUT2D eigenvalue weighted by molar-refractivity contribution is 5.86. The van der Waals surface area contributed by atoms with Crippen molar-refractivity contribution < 1.29 is 14.3 Å². The van der Waals surface area contributed by atoms with Crippen molar-refractivity contribution >= 4 is 11.9 Å². The molecule has 18 heavy (non-hydrogen) atoms. The van der Waals surface area contributed by atoms with Crippen molar-refractivity contribution in [2.45, 2.75) is 59.3 Å². The summed E-state index contributed by atoms with van der Waals surface area (Å²) in [6.07, 6.45) is 6.34. The number of hydrogen-bond acceptors (Lipinski definition) is 3. The van der Waals surface area contributed by atoms with E-state index in [0.29, 0.717) is 6.42 Å². The van der Waals surface area contributed by atoms with Crippen LogP contribution in [0.25, 0.3) is 0 Å². The first-order valence-corrected chi connectivity index (χ1v) is 6.92. The lowest BCUT2D eigenvalue weighted by Gasteiger charge is -2.12. The fourth-order valence-corrected chi connectivity index (χ4v) is 1.65. The molecule has 0 aliphatic heterocycles. The highest BCUT2D eigenvalue weighted by Crippen LogP contribution is 2.15. The van der Waals surface area contributed by atoms with Gasteiger partial charge < -0.3 is 4.74 Å². The zero-order valence-electron chi connectivity index (χ0n) is 11.9. The quantitative estimate of drug-likeness (QED) is 0.356. The summed E-state index contributed by atoms with van der Waals surface area (Å²) in [6.45, 7) is 9.67. The van der Waals surface area contributed by atoms with E-state index in [1.807, 2.05) is 13.8 Å². The molecule has 3 heteroatoms. The lowest BCUT2D eigenvalue weighted by molar-refractivity contribution is -0.163. The van der Waals surface area contributed by atoms with Crippen molar-refractivity contribution in [3.63, 3.8) is 0 Å². The average Bonchev–Trinajstić information content (AvgIpc) is 2.36. The lowest BCUT2D eigenvalue weighted by atomic mass is 10.00. The third-order valence-electron chi connectivity index (χ3n) is 3.15. The van der Waals surface area contributed by atoms with Gasteiger partial charge in [0, 0.05) is 6.42 Å². The Bertz CT molecular complexity index is 271. The largest absolute Gasteiger partial charge is 0.393 e. The van der Waals surface area contributed by atoms with Gasteiger partial charge in [-0.1, -0.05) is 39.7 Å². The van der Waals surface area contributed by atoms with Gasteiger partial charge in [0.25, 0.3) is 0 Å². The molecule has 0 N–H and O–H groups in total. The highest BCUT2D eigenvalue weighted by Gasteiger charge is 2.20. The van der Waals surface area contributed by atoms with Gasteiger partial charge in [-0.2, -0.15) is 0 Å². The highest BCUT2D eigenvalue weighted by atomic mass is 16.6. The molecule has 0 aliphatic carbocycles. The Hall–Kier alpha value is -1.12. The van der Waals surface area contributed by atoms with Gasteiger partial charge in [0.15, 0.2) is 0 Å². The molecule has 0 bridgehead atoms. The minimum Gasteiger partial charge on any atom is -0.393 e. The summed E-state index contributed by atoms with van der Waals surface area (Å²) < 4.78 is 4.88. The molecule has 0 aromatic rings. The molecule has 0 aliphatic rings. The summed E-state index contributed by atoms with van der Waals surface area (Å²) >= 11 is 0. The van der Waals surface area contributed by atoms with Crippen molar-refractivity contribution in [2.75, 3.05) is 0 Å². The summed E-state index contributed by atoms with van der Waals surface area (Å²) in [5.41, 5.74) is 0. The van der Waals surface area contributed by atoms with Crippen molar-refractivity contribution in [3.05, 3.63) is 12.7 Å². The van der Waals surface area contributed by atoms with Crippen LogP contribution in [0.2, 0.25) is 0 Å². The van der Waals surface area contributed by atoms with E-state index >= 15 is 0 Å². The predicted octanol–water partition coefficient (Wildman–Crippen LogP) is 3.87. The van der Waals surface area contributed by atoms with Crippen molar-refractivity contribution in [1.29, 1.82) is 0 Å². The van der Waals surface area contributed by atoms with Crippen LogP contribution in [0.3, 0.4) is 0 Å². The third-order valence-corrected chi connectivity index (χ3v) is 3.15. The van der Waals surface area contributed by atoms with Crippen LogP contribution in [0.1, 0.15) is 59.3 Å². The van der Waals surface area contributed by atoms with E-state index in [2.05, 4.69) is 13.5 Å². The van der Waals surface area contributed by atoms with E-state index in [4.69, 9.17) is 4.74 Å². The fraction of sp³-hybridized carbons (Fsp3) is 0.733. The van der Waals surface area contributed by atoms with Crippen LogP contribution >= 0.6 is 0 Å². The second kappa shape index (κ2) is 9.86. The van der Waals surface area contributed by atoms with E-state index in [9.17, 15) is 9.59 Å². The summed E-state index contributed by atoms with van der Waals surface area (Å²) in [5.74, 6) is -0.633. The van der Waals surface area contributed by atoms with E-state index in [-0.39, 0.29) is 24.2 Å². The minimum absolute atomic E-state index is 0.134. The maximum atomic E-state index is 11.7. The minimum atomic E-state index is -0.413. The molecule has 0 aromatic heterocycles. The van der Waals surface area contributed by atoms with Gasteiger partial charge in [-0.3, -0.25) is 9.59 Å². The lowest BCUT2D eigenvalue weighted by Crippen LogP contribution is -2.21. The van der Waals surface area contributed by atoms with Gasteiger partial charge in [-0.25, -0.2) is 0 Å². The maximum absolute atomic E-state index is 11.7. The standard InChI is InChI=1S/C15H26O3/c1-5-8-9-13(7-3)15(17)18-14(16)11-10-12(4)6-2/h6,12-13H,2,5,7-11H2,1,3-4H3. The van der Waals surface area contributed by atoms with Gasteiger partial charge in [0.1, 0.15) is 0 Å².